The summed E-state index contributed by atoms with van der Waals surface area (Å²) < 4.78 is 0. The summed E-state index contributed by atoms with van der Waals surface area (Å²) in [5.41, 5.74) is 0.662. The van der Waals surface area contributed by atoms with E-state index in [-0.39, 0.29) is 11.8 Å². The molecule has 0 fully saturated rings. The summed E-state index contributed by atoms with van der Waals surface area (Å²) in [6.45, 7) is 13.7. The molecular formula is C12H23NO. The molecule has 2 nitrogen and oxygen atoms in total. The van der Waals surface area contributed by atoms with Crippen LogP contribution in [0.5, 0.6) is 0 Å². The zero-order valence-electron chi connectivity index (χ0n) is 9.97. The molecule has 0 N–H and O–H groups in total. The van der Waals surface area contributed by atoms with E-state index in [2.05, 4.69) is 25.3 Å². The van der Waals surface area contributed by atoms with Gasteiger partial charge < -0.3 is 0 Å². The number of carbonyl (C=O) groups is 1. The van der Waals surface area contributed by atoms with Crippen LogP contribution < -0.4 is 0 Å². The van der Waals surface area contributed by atoms with E-state index in [1.165, 1.54) is 0 Å². The average Bonchev–Trinajstić information content (AvgIpc) is 2.15. The number of hydrogen-bond acceptors (Lipinski definition) is 2. The molecule has 0 aliphatic heterocycles. The first-order valence-electron chi connectivity index (χ1n) is 5.48. The van der Waals surface area contributed by atoms with Crippen molar-refractivity contribution in [1.29, 1.82) is 0 Å². The minimum atomic E-state index is -0.00704. The van der Waals surface area contributed by atoms with E-state index in [0.29, 0.717) is 5.57 Å². The maximum absolute atomic E-state index is 11.7. The second-order valence-corrected chi connectivity index (χ2v) is 3.86. The van der Waals surface area contributed by atoms with Gasteiger partial charge in [0.15, 0.2) is 5.78 Å². The van der Waals surface area contributed by atoms with Gasteiger partial charge in [0.1, 0.15) is 0 Å². The highest BCUT2D eigenvalue weighted by Gasteiger charge is 2.19. The smallest absolute Gasteiger partial charge is 0.174 e. The minimum absolute atomic E-state index is 0.00704. The molecule has 0 bridgehead atoms. The molecule has 0 radical (unpaired) electrons. The van der Waals surface area contributed by atoms with Crippen molar-refractivity contribution in [2.75, 3.05) is 13.1 Å². The molecule has 0 aromatic heterocycles. The Morgan fingerprint density at radius 2 is 1.71 bits per heavy atom. The highest BCUT2D eigenvalue weighted by atomic mass is 16.1. The van der Waals surface area contributed by atoms with Crippen LogP contribution in [0.15, 0.2) is 12.2 Å². The van der Waals surface area contributed by atoms with Crippen LogP contribution in [0.2, 0.25) is 0 Å². The second kappa shape index (κ2) is 6.77. The number of ketones is 1. The lowest BCUT2D eigenvalue weighted by Gasteiger charge is -2.27. The lowest BCUT2D eigenvalue weighted by molar-refractivity contribution is -0.120. The van der Waals surface area contributed by atoms with Crippen molar-refractivity contribution in [3.8, 4) is 0 Å². The van der Waals surface area contributed by atoms with E-state index in [4.69, 9.17) is 0 Å². The number of carbonyl (C=O) groups excluding carboxylic acids is 1. The fourth-order valence-electron chi connectivity index (χ4n) is 1.60. The van der Waals surface area contributed by atoms with Gasteiger partial charge in [0.2, 0.25) is 0 Å². The van der Waals surface area contributed by atoms with Gasteiger partial charge in [-0.25, -0.2) is 0 Å². The standard InChI is InChI=1S/C12H23NO/c1-6-8-13(9-7-2)11(5)12(14)10(3)4/h11H,3,6-9H2,1-2,4-5H3/t11-/m1/s1. The number of hydrogen-bond donors (Lipinski definition) is 0. The minimum Gasteiger partial charge on any atom is -0.294 e. The molecule has 0 heterocycles. The van der Waals surface area contributed by atoms with Crippen LogP contribution in [0.3, 0.4) is 0 Å². The van der Waals surface area contributed by atoms with Gasteiger partial charge in [-0.2, -0.15) is 0 Å². The van der Waals surface area contributed by atoms with Gasteiger partial charge >= 0.3 is 0 Å². The van der Waals surface area contributed by atoms with Crippen molar-refractivity contribution in [1.82, 2.24) is 4.90 Å². The van der Waals surface area contributed by atoms with Crippen LogP contribution >= 0.6 is 0 Å². The van der Waals surface area contributed by atoms with Gasteiger partial charge in [-0.1, -0.05) is 20.4 Å². The summed E-state index contributed by atoms with van der Waals surface area (Å²) in [7, 11) is 0. The van der Waals surface area contributed by atoms with E-state index in [0.717, 1.165) is 25.9 Å². The van der Waals surface area contributed by atoms with Crippen molar-refractivity contribution in [2.24, 2.45) is 0 Å². The predicted molar refractivity (Wildman–Crippen MR) is 61.4 cm³/mol. The molecule has 0 aliphatic carbocycles. The van der Waals surface area contributed by atoms with E-state index in [1.54, 1.807) is 6.92 Å². The van der Waals surface area contributed by atoms with Crippen LogP contribution in [-0.4, -0.2) is 29.8 Å². The second-order valence-electron chi connectivity index (χ2n) is 3.86. The molecule has 0 aromatic carbocycles. The van der Waals surface area contributed by atoms with Gasteiger partial charge in [-0.05, 0) is 45.4 Å². The maximum Gasteiger partial charge on any atom is 0.174 e. The first kappa shape index (κ1) is 13.4. The van der Waals surface area contributed by atoms with Crippen LogP contribution in [0.4, 0.5) is 0 Å². The maximum atomic E-state index is 11.7. The van der Waals surface area contributed by atoms with Crippen molar-refractivity contribution < 1.29 is 4.79 Å². The van der Waals surface area contributed by atoms with Gasteiger partial charge in [-0.15, -0.1) is 0 Å². The third-order valence-electron chi connectivity index (χ3n) is 2.37. The Labute approximate surface area is 88.0 Å². The van der Waals surface area contributed by atoms with Crippen molar-refractivity contribution in [3.05, 3.63) is 12.2 Å². The molecule has 0 rings (SSSR count). The van der Waals surface area contributed by atoms with Gasteiger partial charge in [-0.3, -0.25) is 9.69 Å². The summed E-state index contributed by atoms with van der Waals surface area (Å²) in [5, 5.41) is 0. The lowest BCUT2D eigenvalue weighted by atomic mass is 10.1. The fraction of sp³-hybridized carbons (Fsp3) is 0.750. The zero-order valence-corrected chi connectivity index (χ0v) is 9.97. The quantitative estimate of drug-likeness (QED) is 0.585. The van der Waals surface area contributed by atoms with Crippen molar-refractivity contribution in [3.63, 3.8) is 0 Å². The van der Waals surface area contributed by atoms with Crippen molar-refractivity contribution >= 4 is 5.78 Å². The third kappa shape index (κ3) is 4.05. The number of nitrogens with zero attached hydrogens (tertiary/aromatic N) is 1. The van der Waals surface area contributed by atoms with Crippen LogP contribution in [0.25, 0.3) is 0 Å². The first-order valence-corrected chi connectivity index (χ1v) is 5.48. The monoisotopic (exact) mass is 197 g/mol. The molecule has 0 aliphatic rings. The van der Waals surface area contributed by atoms with E-state index in [1.807, 2.05) is 6.92 Å². The van der Waals surface area contributed by atoms with E-state index >= 15 is 0 Å². The Morgan fingerprint density at radius 1 is 1.29 bits per heavy atom. The van der Waals surface area contributed by atoms with E-state index in [9.17, 15) is 4.79 Å². The molecule has 0 amide bonds. The summed E-state index contributed by atoms with van der Waals surface area (Å²) in [4.78, 5) is 13.9. The highest BCUT2D eigenvalue weighted by molar-refractivity contribution is 5.98. The van der Waals surface area contributed by atoms with Gasteiger partial charge in [0.05, 0.1) is 6.04 Å². The van der Waals surface area contributed by atoms with E-state index < -0.39 is 0 Å². The first-order chi connectivity index (χ1) is 6.54. The van der Waals surface area contributed by atoms with Crippen molar-refractivity contribution in [2.45, 2.75) is 46.6 Å². The number of rotatable bonds is 7. The van der Waals surface area contributed by atoms with Gasteiger partial charge in [0.25, 0.3) is 0 Å². The summed E-state index contributed by atoms with van der Waals surface area (Å²) in [6.07, 6.45) is 2.18. The fourth-order valence-corrected chi connectivity index (χ4v) is 1.60. The Balaban J connectivity index is 4.33. The average molecular weight is 197 g/mol. The Kier molecular flexibility index (Phi) is 6.46. The largest absolute Gasteiger partial charge is 0.294 e. The summed E-state index contributed by atoms with van der Waals surface area (Å²) >= 11 is 0. The molecule has 0 unspecified atom stereocenters. The van der Waals surface area contributed by atoms with Crippen LogP contribution in [-0.2, 0) is 4.79 Å². The zero-order chi connectivity index (χ0) is 11.1. The molecule has 0 saturated carbocycles. The van der Waals surface area contributed by atoms with Crippen LogP contribution in [0, 0.1) is 0 Å². The molecule has 0 aromatic rings. The highest BCUT2D eigenvalue weighted by Crippen LogP contribution is 2.07. The SMILES string of the molecule is C=C(C)C(=O)[C@@H](C)N(CCC)CCC. The van der Waals surface area contributed by atoms with Gasteiger partial charge in [0, 0.05) is 0 Å². The normalized spacial score (nSPS) is 12.9. The lowest BCUT2D eigenvalue weighted by Crippen LogP contribution is -2.40. The topological polar surface area (TPSA) is 20.3 Å². The molecule has 0 spiro atoms. The predicted octanol–water partition coefficient (Wildman–Crippen LogP) is 2.64. The summed E-state index contributed by atoms with van der Waals surface area (Å²) in [5.74, 6) is 0.173. The summed E-state index contributed by atoms with van der Waals surface area (Å²) in [6, 6.07) is -0.00704. The Hall–Kier alpha value is -0.630. The molecule has 2 heteroatoms. The number of Topliss-reactive ketones (excluding diaryl/α,β-unsaturated/α-hetero) is 1. The molecule has 82 valence electrons. The Bertz CT molecular complexity index is 192. The van der Waals surface area contributed by atoms with Crippen LogP contribution in [0.1, 0.15) is 40.5 Å². The molecular weight excluding hydrogens is 174 g/mol. The molecule has 14 heavy (non-hydrogen) atoms. The molecule has 0 saturated heterocycles. The third-order valence-corrected chi connectivity index (χ3v) is 2.37. The Morgan fingerprint density at radius 3 is 2.00 bits per heavy atom. The molecule has 1 atom stereocenters.